The highest BCUT2D eigenvalue weighted by Gasteiger charge is 2.27. The van der Waals surface area contributed by atoms with Crippen LogP contribution in [0.1, 0.15) is 34.8 Å². The lowest BCUT2D eigenvalue weighted by Gasteiger charge is -2.09. The fraction of sp³-hybridized carbons (Fsp3) is 0.600. The normalized spacial score (nSPS) is 20.1. The first-order chi connectivity index (χ1) is 6.70. The molecule has 14 heavy (non-hydrogen) atoms. The SMILES string of the molecule is Cc1c(CO)c(CO)c2n1[C@@H](C)SC2. The van der Waals surface area contributed by atoms with Gasteiger partial charge in [-0.1, -0.05) is 0 Å². The van der Waals surface area contributed by atoms with Gasteiger partial charge in [-0.15, -0.1) is 11.8 Å². The Morgan fingerprint density at radius 1 is 1.36 bits per heavy atom. The molecule has 0 bridgehead atoms. The molecule has 0 saturated heterocycles. The van der Waals surface area contributed by atoms with Crippen molar-refractivity contribution >= 4 is 11.8 Å². The van der Waals surface area contributed by atoms with Gasteiger partial charge >= 0.3 is 0 Å². The summed E-state index contributed by atoms with van der Waals surface area (Å²) in [6.45, 7) is 4.22. The molecule has 1 aliphatic heterocycles. The quantitative estimate of drug-likeness (QED) is 0.783. The third kappa shape index (κ3) is 1.21. The van der Waals surface area contributed by atoms with Crippen molar-refractivity contribution < 1.29 is 10.2 Å². The monoisotopic (exact) mass is 213 g/mol. The Bertz CT molecular complexity index is 359. The molecule has 1 aromatic heterocycles. The summed E-state index contributed by atoms with van der Waals surface area (Å²) in [6.07, 6.45) is 0. The molecule has 0 saturated carbocycles. The van der Waals surface area contributed by atoms with Crippen molar-refractivity contribution in [2.75, 3.05) is 0 Å². The summed E-state index contributed by atoms with van der Waals surface area (Å²) in [5.41, 5.74) is 4.13. The lowest BCUT2D eigenvalue weighted by Crippen LogP contribution is -2.00. The maximum Gasteiger partial charge on any atom is 0.0769 e. The smallest absolute Gasteiger partial charge is 0.0769 e. The summed E-state index contributed by atoms with van der Waals surface area (Å²) in [4.78, 5) is 0. The van der Waals surface area contributed by atoms with Crippen LogP contribution in [0.15, 0.2) is 0 Å². The molecule has 3 nitrogen and oxygen atoms in total. The fourth-order valence-corrected chi connectivity index (χ4v) is 3.35. The van der Waals surface area contributed by atoms with Crippen molar-refractivity contribution in [3.8, 4) is 0 Å². The predicted octanol–water partition coefficient (Wildman–Crippen LogP) is 1.55. The highest BCUT2D eigenvalue weighted by Crippen LogP contribution is 2.41. The molecule has 0 unspecified atom stereocenters. The standard InChI is InChI=1S/C10H15NO2S/c1-6-8(3-12)9(4-13)10-5-14-7(2)11(6)10/h7,12-13H,3-5H2,1-2H3/t7-/m1/s1. The van der Waals surface area contributed by atoms with Gasteiger partial charge in [0, 0.05) is 28.3 Å². The number of aromatic nitrogens is 1. The van der Waals surface area contributed by atoms with Crippen LogP contribution >= 0.6 is 11.8 Å². The number of aliphatic hydroxyl groups is 2. The van der Waals surface area contributed by atoms with Crippen molar-refractivity contribution in [2.24, 2.45) is 0 Å². The number of hydrogen-bond donors (Lipinski definition) is 2. The van der Waals surface area contributed by atoms with E-state index in [0.29, 0.717) is 5.37 Å². The van der Waals surface area contributed by atoms with Gasteiger partial charge in [-0.2, -0.15) is 0 Å². The molecule has 4 heteroatoms. The minimum Gasteiger partial charge on any atom is -0.392 e. The maximum absolute atomic E-state index is 9.28. The number of fused-ring (bicyclic) bond motifs is 1. The Labute approximate surface area is 87.7 Å². The summed E-state index contributed by atoms with van der Waals surface area (Å²) in [5, 5.41) is 18.9. The Kier molecular flexibility index (Phi) is 2.60. The van der Waals surface area contributed by atoms with Gasteiger partial charge in [-0.05, 0) is 13.8 Å². The zero-order valence-electron chi connectivity index (χ0n) is 8.45. The molecule has 1 atom stereocenters. The molecule has 1 aromatic rings. The van der Waals surface area contributed by atoms with Gasteiger partial charge in [-0.25, -0.2) is 0 Å². The average Bonchev–Trinajstić information content (AvgIpc) is 2.66. The highest BCUT2D eigenvalue weighted by atomic mass is 32.2. The number of hydrogen-bond acceptors (Lipinski definition) is 3. The van der Waals surface area contributed by atoms with Crippen LogP contribution in [0.2, 0.25) is 0 Å². The third-order valence-corrected chi connectivity index (χ3v) is 4.08. The molecule has 0 aliphatic carbocycles. The van der Waals surface area contributed by atoms with E-state index < -0.39 is 0 Å². The minimum atomic E-state index is 0.0269. The van der Waals surface area contributed by atoms with Crippen LogP contribution in [0.25, 0.3) is 0 Å². The Balaban J connectivity index is 2.61. The van der Waals surface area contributed by atoms with E-state index in [-0.39, 0.29) is 13.2 Å². The molecule has 0 aromatic carbocycles. The molecule has 1 aliphatic rings. The zero-order valence-corrected chi connectivity index (χ0v) is 9.27. The molecule has 0 amide bonds. The zero-order chi connectivity index (χ0) is 10.3. The van der Waals surface area contributed by atoms with E-state index >= 15 is 0 Å². The van der Waals surface area contributed by atoms with Crippen molar-refractivity contribution in [3.63, 3.8) is 0 Å². The number of rotatable bonds is 2. The van der Waals surface area contributed by atoms with E-state index in [1.54, 1.807) is 0 Å². The molecule has 2 rings (SSSR count). The van der Waals surface area contributed by atoms with Crippen LogP contribution in [0.3, 0.4) is 0 Å². The van der Waals surface area contributed by atoms with Gasteiger partial charge in [0.2, 0.25) is 0 Å². The molecule has 78 valence electrons. The molecular formula is C10H15NO2S. The van der Waals surface area contributed by atoms with Crippen LogP contribution in [-0.4, -0.2) is 14.8 Å². The van der Waals surface area contributed by atoms with Gasteiger partial charge in [0.15, 0.2) is 0 Å². The van der Waals surface area contributed by atoms with Gasteiger partial charge in [0.05, 0.1) is 18.6 Å². The first-order valence-corrected chi connectivity index (χ1v) is 5.80. The average molecular weight is 213 g/mol. The summed E-state index contributed by atoms with van der Waals surface area (Å²) in [5.74, 6) is 0.942. The van der Waals surface area contributed by atoms with Gasteiger partial charge in [0.25, 0.3) is 0 Å². The van der Waals surface area contributed by atoms with Gasteiger partial charge < -0.3 is 14.8 Å². The summed E-state index contributed by atoms with van der Waals surface area (Å²) in [6, 6.07) is 0. The largest absolute Gasteiger partial charge is 0.392 e. The first kappa shape index (κ1) is 10.1. The highest BCUT2D eigenvalue weighted by molar-refractivity contribution is 7.98. The molecule has 2 heterocycles. The number of aliphatic hydroxyl groups excluding tert-OH is 2. The second kappa shape index (κ2) is 3.61. The lowest BCUT2D eigenvalue weighted by molar-refractivity contribution is 0.260. The van der Waals surface area contributed by atoms with E-state index in [1.807, 2.05) is 18.7 Å². The number of nitrogens with zero attached hydrogens (tertiary/aromatic N) is 1. The second-order valence-electron chi connectivity index (χ2n) is 3.59. The van der Waals surface area contributed by atoms with Gasteiger partial charge in [0.1, 0.15) is 0 Å². The maximum atomic E-state index is 9.28. The van der Waals surface area contributed by atoms with E-state index in [4.69, 9.17) is 0 Å². The lowest BCUT2D eigenvalue weighted by atomic mass is 10.1. The second-order valence-corrected chi connectivity index (χ2v) is 4.89. The summed E-state index contributed by atoms with van der Waals surface area (Å²) in [7, 11) is 0. The molecule has 0 fully saturated rings. The summed E-state index contributed by atoms with van der Waals surface area (Å²) >= 11 is 1.87. The Hall–Kier alpha value is -0.450. The van der Waals surface area contributed by atoms with Crippen molar-refractivity contribution in [1.82, 2.24) is 4.57 Å². The molecule has 0 radical (unpaired) electrons. The fourth-order valence-electron chi connectivity index (χ4n) is 2.21. The summed E-state index contributed by atoms with van der Waals surface area (Å²) < 4.78 is 2.22. The van der Waals surface area contributed by atoms with Crippen LogP contribution in [-0.2, 0) is 19.0 Å². The van der Waals surface area contributed by atoms with E-state index in [9.17, 15) is 10.2 Å². The predicted molar refractivity (Wildman–Crippen MR) is 57.0 cm³/mol. The molecule has 0 spiro atoms. The molecular weight excluding hydrogens is 198 g/mol. The molecule has 2 N–H and O–H groups in total. The number of thioether (sulfide) groups is 1. The van der Waals surface area contributed by atoms with E-state index in [0.717, 1.165) is 22.6 Å². The van der Waals surface area contributed by atoms with Crippen molar-refractivity contribution in [3.05, 3.63) is 22.5 Å². The van der Waals surface area contributed by atoms with E-state index in [2.05, 4.69) is 11.5 Å². The van der Waals surface area contributed by atoms with Crippen LogP contribution in [0, 0.1) is 6.92 Å². The third-order valence-electron chi connectivity index (χ3n) is 2.94. The van der Waals surface area contributed by atoms with Crippen LogP contribution < -0.4 is 0 Å². The van der Waals surface area contributed by atoms with Crippen molar-refractivity contribution in [2.45, 2.75) is 38.2 Å². The van der Waals surface area contributed by atoms with Crippen LogP contribution in [0.5, 0.6) is 0 Å². The topological polar surface area (TPSA) is 45.4 Å². The first-order valence-electron chi connectivity index (χ1n) is 4.75. The Morgan fingerprint density at radius 3 is 2.57 bits per heavy atom. The minimum absolute atomic E-state index is 0.0269. The van der Waals surface area contributed by atoms with Gasteiger partial charge in [-0.3, -0.25) is 0 Å². The van der Waals surface area contributed by atoms with E-state index in [1.165, 1.54) is 5.69 Å². The Morgan fingerprint density at radius 2 is 2.00 bits per heavy atom. The van der Waals surface area contributed by atoms with Crippen LogP contribution in [0.4, 0.5) is 0 Å². The van der Waals surface area contributed by atoms with Crippen molar-refractivity contribution in [1.29, 1.82) is 0 Å².